The normalized spacial score (nSPS) is 28.2. The molecule has 0 N–H and O–H groups in total. The van der Waals surface area contributed by atoms with E-state index in [1.54, 1.807) is 0 Å². The highest BCUT2D eigenvalue weighted by Crippen LogP contribution is 2.21. The van der Waals surface area contributed by atoms with Crippen LogP contribution in [-0.2, 0) is 11.3 Å². The molecule has 4 nitrogen and oxygen atoms in total. The highest BCUT2D eigenvalue weighted by atomic mass is 35.5. The van der Waals surface area contributed by atoms with Crippen molar-refractivity contribution in [3.63, 3.8) is 0 Å². The van der Waals surface area contributed by atoms with Gasteiger partial charge in [-0.2, -0.15) is 0 Å². The molecule has 2 heterocycles. The first kappa shape index (κ1) is 11.3. The average molecular weight is 248 g/mol. The van der Waals surface area contributed by atoms with Gasteiger partial charge < -0.3 is 4.74 Å². The fourth-order valence-electron chi connectivity index (χ4n) is 1.68. The highest BCUT2D eigenvalue weighted by molar-refractivity contribution is 7.10. The van der Waals surface area contributed by atoms with Gasteiger partial charge in [-0.25, -0.2) is 0 Å². The van der Waals surface area contributed by atoms with E-state index in [9.17, 15) is 0 Å². The van der Waals surface area contributed by atoms with Crippen LogP contribution in [0.4, 0.5) is 0 Å². The van der Waals surface area contributed by atoms with Crippen LogP contribution in [0.3, 0.4) is 0 Å². The molecule has 2 unspecified atom stereocenters. The first-order chi connectivity index (χ1) is 7.16. The van der Waals surface area contributed by atoms with Gasteiger partial charge in [-0.05, 0) is 13.8 Å². The monoisotopic (exact) mass is 247 g/mol. The Morgan fingerprint density at radius 3 is 3.07 bits per heavy atom. The summed E-state index contributed by atoms with van der Waals surface area (Å²) < 4.78 is 10.1. The number of hydrogen-bond acceptors (Lipinski definition) is 5. The molecule has 0 spiro atoms. The molecule has 1 aliphatic heterocycles. The van der Waals surface area contributed by atoms with Gasteiger partial charge in [-0.1, -0.05) is 16.1 Å². The van der Waals surface area contributed by atoms with Crippen LogP contribution in [0.1, 0.15) is 19.5 Å². The molecule has 1 aromatic rings. The van der Waals surface area contributed by atoms with E-state index in [0.29, 0.717) is 10.4 Å². The fourth-order valence-corrected chi connectivity index (χ4v) is 2.29. The zero-order chi connectivity index (χ0) is 10.8. The van der Waals surface area contributed by atoms with Crippen LogP contribution >= 0.6 is 23.1 Å². The van der Waals surface area contributed by atoms with Crippen molar-refractivity contribution < 1.29 is 4.74 Å². The van der Waals surface area contributed by atoms with Crippen LogP contribution in [0.5, 0.6) is 0 Å². The largest absolute Gasteiger partial charge is 0.376 e. The molecule has 0 saturated carbocycles. The number of nitrogens with zero attached hydrogens (tertiary/aromatic N) is 3. The zero-order valence-electron chi connectivity index (χ0n) is 8.81. The third-order valence-electron chi connectivity index (χ3n) is 2.60. The van der Waals surface area contributed by atoms with E-state index < -0.39 is 0 Å². The van der Waals surface area contributed by atoms with Crippen molar-refractivity contribution in [1.82, 2.24) is 14.5 Å². The minimum absolute atomic E-state index is 0.284. The Hall–Kier alpha value is -0.230. The number of aromatic nitrogens is 2. The Morgan fingerprint density at radius 1 is 1.60 bits per heavy atom. The second-order valence-electron chi connectivity index (χ2n) is 3.92. The summed E-state index contributed by atoms with van der Waals surface area (Å²) in [6.07, 6.45) is 0.284. The summed E-state index contributed by atoms with van der Waals surface area (Å²) in [6.45, 7) is 6.70. The predicted octanol–water partition coefficient (Wildman–Crippen LogP) is 1.80. The van der Waals surface area contributed by atoms with Crippen LogP contribution < -0.4 is 0 Å². The molecule has 2 atom stereocenters. The number of hydrogen-bond donors (Lipinski definition) is 0. The van der Waals surface area contributed by atoms with E-state index in [0.717, 1.165) is 25.4 Å². The lowest BCUT2D eigenvalue weighted by Crippen LogP contribution is -2.46. The lowest BCUT2D eigenvalue weighted by atomic mass is 10.2. The standard InChI is InChI=1S/C9H14ClN3OS/c1-6-5-14-7(2)3-13(6)4-8-9(10)15-12-11-8/h6-7H,3-5H2,1-2H3. The number of morpholine rings is 1. The molecule has 1 aliphatic rings. The summed E-state index contributed by atoms with van der Waals surface area (Å²) in [5.41, 5.74) is 0.877. The van der Waals surface area contributed by atoms with E-state index >= 15 is 0 Å². The van der Waals surface area contributed by atoms with Gasteiger partial charge in [-0.15, -0.1) is 5.10 Å². The molecular weight excluding hydrogens is 234 g/mol. The van der Waals surface area contributed by atoms with Crippen molar-refractivity contribution in [2.75, 3.05) is 13.2 Å². The molecule has 84 valence electrons. The van der Waals surface area contributed by atoms with Crippen molar-refractivity contribution in [1.29, 1.82) is 0 Å². The Labute approximate surface area is 98.3 Å². The van der Waals surface area contributed by atoms with Crippen LogP contribution in [0, 0.1) is 0 Å². The third-order valence-corrected chi connectivity index (χ3v) is 3.58. The van der Waals surface area contributed by atoms with Crippen molar-refractivity contribution >= 4 is 23.1 Å². The van der Waals surface area contributed by atoms with Gasteiger partial charge >= 0.3 is 0 Å². The summed E-state index contributed by atoms with van der Waals surface area (Å²) in [5, 5.41) is 4.02. The molecular formula is C9H14ClN3OS. The summed E-state index contributed by atoms with van der Waals surface area (Å²) in [4.78, 5) is 2.33. The lowest BCUT2D eigenvalue weighted by molar-refractivity contribution is -0.0530. The maximum Gasteiger partial charge on any atom is 0.138 e. The molecule has 1 fully saturated rings. The Kier molecular flexibility index (Phi) is 3.56. The summed E-state index contributed by atoms with van der Waals surface area (Å²) in [7, 11) is 0. The van der Waals surface area contributed by atoms with Crippen LogP contribution in [-0.4, -0.2) is 39.8 Å². The maximum atomic E-state index is 5.98. The lowest BCUT2D eigenvalue weighted by Gasteiger charge is -2.36. The predicted molar refractivity (Wildman–Crippen MR) is 60.2 cm³/mol. The summed E-state index contributed by atoms with van der Waals surface area (Å²) in [5.74, 6) is 0. The number of rotatable bonds is 2. The van der Waals surface area contributed by atoms with Gasteiger partial charge in [0.25, 0.3) is 0 Å². The summed E-state index contributed by atoms with van der Waals surface area (Å²) in [6, 6.07) is 0.416. The van der Waals surface area contributed by atoms with Crippen LogP contribution in [0.25, 0.3) is 0 Å². The minimum atomic E-state index is 0.284. The molecule has 2 rings (SSSR count). The second kappa shape index (κ2) is 4.74. The van der Waals surface area contributed by atoms with Gasteiger partial charge in [-0.3, -0.25) is 4.90 Å². The maximum absolute atomic E-state index is 5.98. The zero-order valence-corrected chi connectivity index (χ0v) is 10.4. The first-order valence-electron chi connectivity index (χ1n) is 4.99. The van der Waals surface area contributed by atoms with Crippen LogP contribution in [0.2, 0.25) is 4.34 Å². The van der Waals surface area contributed by atoms with E-state index in [-0.39, 0.29) is 6.10 Å². The van der Waals surface area contributed by atoms with Gasteiger partial charge in [0.15, 0.2) is 0 Å². The van der Waals surface area contributed by atoms with Gasteiger partial charge in [0, 0.05) is 30.7 Å². The molecule has 0 aliphatic carbocycles. The number of halogens is 1. The van der Waals surface area contributed by atoms with Crippen molar-refractivity contribution in [3.8, 4) is 0 Å². The molecule has 6 heteroatoms. The molecule has 15 heavy (non-hydrogen) atoms. The third kappa shape index (κ3) is 2.66. The molecule has 0 aromatic carbocycles. The molecule has 0 bridgehead atoms. The SMILES string of the molecule is CC1CN(Cc2nnsc2Cl)C(C)CO1. The van der Waals surface area contributed by atoms with Crippen molar-refractivity contribution in [2.45, 2.75) is 32.5 Å². The Bertz CT molecular complexity index is 333. The molecule has 1 aromatic heterocycles. The quantitative estimate of drug-likeness (QED) is 0.799. The van der Waals surface area contributed by atoms with E-state index in [1.165, 1.54) is 11.5 Å². The van der Waals surface area contributed by atoms with E-state index in [1.807, 2.05) is 0 Å². The smallest absolute Gasteiger partial charge is 0.138 e. The molecule has 1 saturated heterocycles. The van der Waals surface area contributed by atoms with E-state index in [4.69, 9.17) is 16.3 Å². The first-order valence-corrected chi connectivity index (χ1v) is 6.14. The van der Waals surface area contributed by atoms with Crippen LogP contribution in [0.15, 0.2) is 0 Å². The second-order valence-corrected chi connectivity index (χ2v) is 5.27. The van der Waals surface area contributed by atoms with Crippen molar-refractivity contribution in [3.05, 3.63) is 10.0 Å². The summed E-state index contributed by atoms with van der Waals surface area (Å²) >= 11 is 7.22. The number of ether oxygens (including phenoxy) is 1. The van der Waals surface area contributed by atoms with Gasteiger partial charge in [0.2, 0.25) is 0 Å². The van der Waals surface area contributed by atoms with Gasteiger partial charge in [0.1, 0.15) is 10.0 Å². The molecule has 0 radical (unpaired) electrons. The highest BCUT2D eigenvalue weighted by Gasteiger charge is 2.24. The Balaban J connectivity index is 2.01. The van der Waals surface area contributed by atoms with Crippen molar-refractivity contribution in [2.24, 2.45) is 0 Å². The molecule has 0 amide bonds. The fraction of sp³-hybridized carbons (Fsp3) is 0.778. The van der Waals surface area contributed by atoms with E-state index in [2.05, 4.69) is 28.3 Å². The minimum Gasteiger partial charge on any atom is -0.376 e. The Morgan fingerprint density at radius 2 is 2.40 bits per heavy atom. The average Bonchev–Trinajstić information content (AvgIpc) is 2.58. The topological polar surface area (TPSA) is 38.2 Å². The van der Waals surface area contributed by atoms with Gasteiger partial charge in [0.05, 0.1) is 12.7 Å².